The van der Waals surface area contributed by atoms with E-state index in [2.05, 4.69) is 32.5 Å². The lowest BCUT2D eigenvalue weighted by Crippen LogP contribution is -2.46. The van der Waals surface area contributed by atoms with Gasteiger partial charge in [0.05, 0.1) is 15.7 Å². The number of pyridine rings is 1. The minimum absolute atomic E-state index is 0.123. The van der Waals surface area contributed by atoms with E-state index in [1.54, 1.807) is 24.4 Å². The van der Waals surface area contributed by atoms with Crippen molar-refractivity contribution in [3.8, 4) is 0 Å². The van der Waals surface area contributed by atoms with Crippen molar-refractivity contribution in [2.24, 2.45) is 0 Å². The van der Waals surface area contributed by atoms with Gasteiger partial charge in [0.25, 0.3) is 0 Å². The van der Waals surface area contributed by atoms with Crippen molar-refractivity contribution < 1.29 is 9.59 Å². The summed E-state index contributed by atoms with van der Waals surface area (Å²) in [6.07, 6.45) is 1.77. The van der Waals surface area contributed by atoms with Gasteiger partial charge in [-0.1, -0.05) is 35.3 Å². The molecule has 3 amide bonds. The Labute approximate surface area is 198 Å². The fourth-order valence-corrected chi connectivity index (χ4v) is 3.94. The van der Waals surface area contributed by atoms with Gasteiger partial charge in [0.1, 0.15) is 12.4 Å². The van der Waals surface area contributed by atoms with Crippen LogP contribution in [0.1, 0.15) is 12.5 Å². The van der Waals surface area contributed by atoms with E-state index in [4.69, 9.17) is 23.2 Å². The van der Waals surface area contributed by atoms with Crippen LogP contribution in [0, 0.1) is 0 Å². The van der Waals surface area contributed by atoms with Crippen molar-refractivity contribution in [2.45, 2.75) is 13.5 Å². The van der Waals surface area contributed by atoms with Crippen LogP contribution in [0.4, 0.5) is 16.3 Å². The molecular formula is C22H28Cl2N6O2. The van der Waals surface area contributed by atoms with Crippen LogP contribution in [-0.2, 0) is 11.3 Å². The number of carbonyl (C=O) groups excluding carboxylic acids is 2. The molecule has 1 saturated heterocycles. The minimum atomic E-state index is -0.378. The van der Waals surface area contributed by atoms with Crippen molar-refractivity contribution in [1.82, 2.24) is 20.1 Å². The molecule has 8 nitrogen and oxygen atoms in total. The predicted octanol–water partition coefficient (Wildman–Crippen LogP) is 3.31. The molecule has 0 unspecified atom stereocenters. The van der Waals surface area contributed by atoms with Gasteiger partial charge in [-0.15, -0.1) is 0 Å². The van der Waals surface area contributed by atoms with Crippen LogP contribution < -0.4 is 15.5 Å². The summed E-state index contributed by atoms with van der Waals surface area (Å²) in [6.45, 7) is 6.10. The molecule has 0 bridgehead atoms. The number of urea groups is 1. The Balaban J connectivity index is 1.58. The second kappa shape index (κ2) is 11.4. The molecule has 10 heteroatoms. The molecule has 1 aliphatic heterocycles. The molecule has 0 radical (unpaired) electrons. The molecule has 2 N–H and O–H groups in total. The van der Waals surface area contributed by atoms with Gasteiger partial charge in [0.2, 0.25) is 5.91 Å². The number of hydrogen-bond donors (Lipinski definition) is 2. The average Bonchev–Trinajstić information content (AvgIpc) is 2.79. The first-order valence-electron chi connectivity index (χ1n) is 10.5. The first kappa shape index (κ1) is 24.1. The van der Waals surface area contributed by atoms with Crippen molar-refractivity contribution in [1.29, 1.82) is 0 Å². The van der Waals surface area contributed by atoms with Crippen molar-refractivity contribution in [3.05, 3.63) is 52.1 Å². The molecule has 2 heterocycles. The van der Waals surface area contributed by atoms with Crippen LogP contribution in [0.5, 0.6) is 0 Å². The Morgan fingerprint density at radius 1 is 1.09 bits per heavy atom. The van der Waals surface area contributed by atoms with Crippen molar-refractivity contribution in [3.63, 3.8) is 0 Å². The molecule has 0 atom stereocenters. The highest BCUT2D eigenvalue weighted by Gasteiger charge is 2.20. The zero-order chi connectivity index (χ0) is 23.1. The Hall–Kier alpha value is -2.55. The van der Waals surface area contributed by atoms with E-state index in [1.165, 1.54) is 4.90 Å². The van der Waals surface area contributed by atoms with E-state index in [0.717, 1.165) is 37.6 Å². The lowest BCUT2D eigenvalue weighted by molar-refractivity contribution is -0.116. The van der Waals surface area contributed by atoms with Gasteiger partial charge >= 0.3 is 6.03 Å². The zero-order valence-electron chi connectivity index (χ0n) is 18.3. The Morgan fingerprint density at radius 2 is 1.78 bits per heavy atom. The fourth-order valence-electron chi connectivity index (χ4n) is 3.45. The first-order chi connectivity index (χ1) is 15.4. The molecule has 0 aliphatic carbocycles. The number of para-hydroxylation sites is 1. The van der Waals surface area contributed by atoms with E-state index in [0.29, 0.717) is 28.8 Å². The standard InChI is InChI=1S/C22H28Cl2N6O2/c1-3-29(15-19(31)27-20-17(23)7-4-8-18(20)24)22(32)26-14-16-6-5-9-25-21(16)30-12-10-28(2)11-13-30/h4-9H,3,10-15H2,1-2H3,(H,26,32)(H,27,31). The third kappa shape index (κ3) is 6.25. The number of likely N-dealkylation sites (N-methyl/N-ethyl adjacent to an activating group) is 2. The van der Waals surface area contributed by atoms with Gasteiger partial charge < -0.3 is 25.3 Å². The number of carbonyl (C=O) groups is 2. The van der Waals surface area contributed by atoms with Crippen LogP contribution in [0.15, 0.2) is 36.5 Å². The van der Waals surface area contributed by atoms with Crippen LogP contribution in [0.3, 0.4) is 0 Å². The maximum absolute atomic E-state index is 12.7. The topological polar surface area (TPSA) is 80.8 Å². The molecule has 1 aromatic heterocycles. The summed E-state index contributed by atoms with van der Waals surface area (Å²) >= 11 is 12.2. The third-order valence-corrected chi connectivity index (χ3v) is 5.96. The largest absolute Gasteiger partial charge is 0.354 e. The highest BCUT2D eigenvalue weighted by Crippen LogP contribution is 2.29. The number of piperazine rings is 1. The second-order valence-electron chi connectivity index (χ2n) is 7.59. The zero-order valence-corrected chi connectivity index (χ0v) is 19.8. The summed E-state index contributed by atoms with van der Waals surface area (Å²) in [5.41, 5.74) is 1.28. The van der Waals surface area contributed by atoms with Crippen LogP contribution in [-0.4, -0.2) is 73.0 Å². The number of amides is 3. The summed E-state index contributed by atoms with van der Waals surface area (Å²) < 4.78 is 0. The minimum Gasteiger partial charge on any atom is -0.354 e. The lowest BCUT2D eigenvalue weighted by Gasteiger charge is -2.34. The van der Waals surface area contributed by atoms with Crippen LogP contribution in [0.2, 0.25) is 10.0 Å². The summed E-state index contributed by atoms with van der Waals surface area (Å²) in [5.74, 6) is 0.506. The SMILES string of the molecule is CCN(CC(=O)Nc1c(Cl)cccc1Cl)C(=O)NCc1cccnc1N1CCN(C)CC1. The number of nitrogens with zero attached hydrogens (tertiary/aromatic N) is 4. The van der Waals surface area contributed by atoms with Crippen LogP contribution in [0.25, 0.3) is 0 Å². The number of halogens is 2. The Kier molecular flexibility index (Phi) is 8.55. The predicted molar refractivity (Wildman–Crippen MR) is 129 cm³/mol. The molecule has 0 saturated carbocycles. The molecule has 1 aliphatic rings. The number of benzene rings is 1. The second-order valence-corrected chi connectivity index (χ2v) is 8.41. The molecule has 2 aromatic rings. The molecule has 3 rings (SSSR count). The van der Waals surface area contributed by atoms with Crippen molar-refractivity contribution in [2.75, 3.05) is 56.5 Å². The summed E-state index contributed by atoms with van der Waals surface area (Å²) in [5, 5.41) is 6.27. The number of anilines is 2. The Bertz CT molecular complexity index is 930. The number of rotatable bonds is 7. The van der Waals surface area contributed by atoms with Gasteiger partial charge in [-0.25, -0.2) is 9.78 Å². The maximum Gasteiger partial charge on any atom is 0.318 e. The number of hydrogen-bond acceptors (Lipinski definition) is 5. The summed E-state index contributed by atoms with van der Waals surface area (Å²) in [7, 11) is 2.10. The van der Waals surface area contributed by atoms with E-state index in [1.807, 2.05) is 19.1 Å². The Morgan fingerprint density at radius 3 is 2.44 bits per heavy atom. The maximum atomic E-state index is 12.7. The van der Waals surface area contributed by atoms with Gasteiger partial charge in [-0.3, -0.25) is 4.79 Å². The highest BCUT2D eigenvalue weighted by atomic mass is 35.5. The van der Waals surface area contributed by atoms with E-state index >= 15 is 0 Å². The highest BCUT2D eigenvalue weighted by molar-refractivity contribution is 6.39. The lowest BCUT2D eigenvalue weighted by atomic mass is 10.2. The smallest absolute Gasteiger partial charge is 0.318 e. The van der Waals surface area contributed by atoms with Crippen molar-refractivity contribution >= 4 is 46.6 Å². The fraction of sp³-hybridized carbons (Fsp3) is 0.409. The van der Waals surface area contributed by atoms with Gasteiger partial charge in [0.15, 0.2) is 0 Å². The van der Waals surface area contributed by atoms with Gasteiger partial charge in [-0.2, -0.15) is 0 Å². The van der Waals surface area contributed by atoms with Gasteiger partial charge in [0, 0.05) is 51.0 Å². The quantitative estimate of drug-likeness (QED) is 0.637. The molecule has 1 aromatic carbocycles. The van der Waals surface area contributed by atoms with Crippen LogP contribution >= 0.6 is 23.2 Å². The third-order valence-electron chi connectivity index (χ3n) is 5.33. The molecule has 1 fully saturated rings. The monoisotopic (exact) mass is 478 g/mol. The number of aromatic nitrogens is 1. The summed E-state index contributed by atoms with van der Waals surface area (Å²) in [4.78, 5) is 35.7. The van der Waals surface area contributed by atoms with E-state index in [9.17, 15) is 9.59 Å². The molecule has 172 valence electrons. The molecule has 32 heavy (non-hydrogen) atoms. The van der Waals surface area contributed by atoms with E-state index in [-0.39, 0.29) is 18.5 Å². The van der Waals surface area contributed by atoms with Gasteiger partial charge in [-0.05, 0) is 32.2 Å². The average molecular weight is 479 g/mol. The first-order valence-corrected chi connectivity index (χ1v) is 11.3. The summed E-state index contributed by atoms with van der Waals surface area (Å²) in [6, 6.07) is 8.46. The van der Waals surface area contributed by atoms with E-state index < -0.39 is 0 Å². The normalized spacial score (nSPS) is 14.2. The molecule has 0 spiro atoms. The number of nitrogens with one attached hydrogen (secondary N) is 2. The molecular weight excluding hydrogens is 451 g/mol.